The number of ketones is 1. The van der Waals surface area contributed by atoms with Crippen molar-refractivity contribution in [2.75, 3.05) is 29.2 Å². The van der Waals surface area contributed by atoms with Crippen molar-refractivity contribution < 1.29 is 102 Å². The zero-order valence-corrected chi connectivity index (χ0v) is 59.2. The first-order valence-corrected chi connectivity index (χ1v) is 35.8. The minimum Gasteiger partial charge on any atom is -0.480 e. The van der Waals surface area contributed by atoms with Gasteiger partial charge < -0.3 is 75.8 Å². The first kappa shape index (κ1) is 77.0. The number of carboxylic acid groups (broad SMARTS) is 2. The predicted molar refractivity (Wildman–Crippen MR) is 375 cm³/mol. The van der Waals surface area contributed by atoms with E-state index in [1.54, 1.807) is 54.6 Å². The highest BCUT2D eigenvalue weighted by Gasteiger charge is 2.81. The number of nitrogens with two attached hydrogens (primary N) is 1. The molecule has 5 unspecified atom stereocenters. The van der Waals surface area contributed by atoms with Gasteiger partial charge in [-0.2, -0.15) is 4.98 Å². The average molecular weight is 1480 g/mol. The Hall–Kier alpha value is -10.6. The Bertz CT molecular complexity index is 4440. The van der Waals surface area contributed by atoms with Gasteiger partial charge in [-0.25, -0.2) is 29.1 Å². The first-order chi connectivity index (χ1) is 49.9. The van der Waals surface area contributed by atoms with Gasteiger partial charge in [0.2, 0.25) is 17.6 Å². The maximum absolute atomic E-state index is 16.7. The third-order valence-corrected chi connectivity index (χ3v) is 21.7. The third-order valence-electron chi connectivity index (χ3n) is 19.3. The second kappa shape index (κ2) is 32.2. The van der Waals surface area contributed by atoms with Crippen LogP contribution in [0.1, 0.15) is 122 Å². The van der Waals surface area contributed by atoms with E-state index in [4.69, 9.17) is 34.2 Å². The molecule has 2 aromatic heterocycles. The monoisotopic (exact) mass is 1480 g/mol. The summed E-state index contributed by atoms with van der Waals surface area (Å²) in [5, 5.41) is 57.1. The molecule has 3 fully saturated rings. The van der Waals surface area contributed by atoms with Crippen molar-refractivity contribution in [3.63, 3.8) is 0 Å². The Morgan fingerprint density at radius 1 is 0.752 bits per heavy atom. The van der Waals surface area contributed by atoms with Crippen LogP contribution in [0.5, 0.6) is 0 Å². The van der Waals surface area contributed by atoms with E-state index >= 15 is 4.79 Å². The molecule has 3 heterocycles. The molecular weight excluding hydrogens is 1410 g/mol. The lowest BCUT2D eigenvalue weighted by atomic mass is 9.46. The lowest BCUT2D eigenvalue weighted by Crippen LogP contribution is -2.84. The number of aliphatic carboxylic acids is 2. The quantitative estimate of drug-likeness (QED) is 0.0106. The molecule has 1 aliphatic heterocycles. The molecule has 2 bridgehead atoms. The number of ether oxygens (including phenoxy) is 6. The van der Waals surface area contributed by atoms with Gasteiger partial charge in [-0.3, -0.25) is 43.3 Å². The largest absolute Gasteiger partial charge is 0.480 e. The summed E-state index contributed by atoms with van der Waals surface area (Å²) < 4.78 is 37.8. The number of carbonyl (C=O) groups excluding carboxylic acids is 9. The Balaban J connectivity index is 0.865. The number of anilines is 2. The van der Waals surface area contributed by atoms with Gasteiger partial charge in [-0.05, 0) is 85.0 Å². The molecule has 0 radical (unpaired) electrons. The minimum atomic E-state index is -2.70. The van der Waals surface area contributed by atoms with E-state index in [1.807, 2.05) is 0 Å². The highest BCUT2D eigenvalue weighted by molar-refractivity contribution is 8.76. The molecule has 6 aromatic rings. The standard InChI is InChI=1S/C72H77N9O22S2/c1-36-30-49-70(35-98-49,102-39(4)83)57-59(101-66(95)43-20-14-9-15-21-43)71(97)31-48(100-67(96)55(86)53(40-16-10-7-11-17-40)79-62(89)41-18-12-8-13-19-41)37(2)52(69(71,5)6)56(99-38(3)82)58(87)72(36,57)103-51(85)28-29-104-105-34-47(65(93)94)77-50(84)27-26-46(64(91)92)78-61(88)42-22-24-44(25-23-42)74-32-45-33-75-60-54(76-45)63(90)81-68(73)80-60/h7-25,33,36,46-49,53,55-57,59,74,86,97H,26-32,34-35H2,1-6H3,(H,77,84)(H,78,88)(H,79,89)(H,91,92)(H,93,94)(H3,73,75,80,81,90)/t36?,46?,47?,48-,49+,53-,55+,56+,57?,59-,70-,71+,72?/m0/s1. The van der Waals surface area contributed by atoms with Gasteiger partial charge >= 0.3 is 41.8 Å². The minimum absolute atomic E-state index is 0.0104. The highest BCUT2D eigenvalue weighted by Crippen LogP contribution is 2.64. The van der Waals surface area contributed by atoms with Crippen molar-refractivity contribution in [3.8, 4) is 0 Å². The first-order valence-electron chi connectivity index (χ1n) is 33.3. The molecule has 3 aliphatic carbocycles. The zero-order chi connectivity index (χ0) is 75.9. The summed E-state index contributed by atoms with van der Waals surface area (Å²) in [6, 6.07) is 24.7. The number of amides is 3. The summed E-state index contributed by atoms with van der Waals surface area (Å²) in [5.74, 6) is -15.8. The van der Waals surface area contributed by atoms with Crippen LogP contribution in [0.3, 0.4) is 0 Å². The van der Waals surface area contributed by atoms with E-state index in [1.165, 1.54) is 94.6 Å². The molecule has 3 amide bonds. The number of fused-ring (bicyclic) bond motifs is 6. The average Bonchev–Trinajstić information content (AvgIpc) is 0.665. The zero-order valence-electron chi connectivity index (χ0n) is 57.6. The fraction of sp³-hybridized carbons (Fsp3) is 0.403. The van der Waals surface area contributed by atoms with Crippen molar-refractivity contribution in [2.24, 2.45) is 17.3 Å². The maximum atomic E-state index is 16.7. The van der Waals surface area contributed by atoms with Gasteiger partial charge in [0.15, 0.2) is 34.6 Å². The summed E-state index contributed by atoms with van der Waals surface area (Å²) in [7, 11) is 1.85. The fourth-order valence-corrected chi connectivity index (χ4v) is 16.2. The number of esters is 5. The molecule has 0 spiro atoms. The summed E-state index contributed by atoms with van der Waals surface area (Å²) in [6.07, 6.45) is -10.4. The van der Waals surface area contributed by atoms with Crippen LogP contribution >= 0.6 is 21.6 Å². The van der Waals surface area contributed by atoms with Crippen molar-refractivity contribution >= 4 is 110 Å². The van der Waals surface area contributed by atoms with E-state index < -0.39 is 186 Å². The number of aliphatic hydroxyl groups excluding tert-OH is 1. The normalized spacial score (nSPS) is 23.9. The topological polar surface area (TPSA) is 470 Å². The fourth-order valence-electron chi connectivity index (χ4n) is 14.1. The number of Topliss-reactive ketones (excluding diaryl/α,β-unsaturated/α-hetero) is 1. The summed E-state index contributed by atoms with van der Waals surface area (Å²) >= 11 is 0. The number of hydrogen-bond donors (Lipinski definition) is 10. The predicted octanol–water partition coefficient (Wildman–Crippen LogP) is 4.51. The molecule has 1 saturated heterocycles. The molecular formula is C72H77N9O22S2. The number of aromatic amines is 1. The van der Waals surface area contributed by atoms with E-state index in [2.05, 4.69) is 41.2 Å². The lowest BCUT2D eigenvalue weighted by molar-refractivity contribution is -0.351. The number of aromatic nitrogens is 4. The number of nitrogens with zero attached hydrogens (tertiary/aromatic N) is 3. The SMILES string of the molecule is CC(=O)O[C@H]1C(=O)C2(OC(=O)CCSSCC(NC(=O)CCC(NC(=O)c3ccc(NCc4cnc5nc(N)[nH]c(=O)c5n4)cc3)C(=O)O)C(=O)O)C(C)C[C@H]3OC[C@@]3(OC(C)=O)C2[C@H](OC(=O)c2ccccc2)[C@]2(O)C[C@H](OC(=O)[C@H](O)[C@@H](NC(=O)c3ccccc3)c3ccccc3)C(C)=C1C2(C)C. The van der Waals surface area contributed by atoms with E-state index in [0.29, 0.717) is 11.4 Å². The van der Waals surface area contributed by atoms with Crippen LogP contribution in [-0.4, -0.2) is 183 Å². The Morgan fingerprint density at radius 2 is 1.38 bits per heavy atom. The molecule has 554 valence electrons. The Kier molecular flexibility index (Phi) is 23.6. The molecule has 105 heavy (non-hydrogen) atoms. The van der Waals surface area contributed by atoms with Crippen LogP contribution in [0, 0.1) is 17.3 Å². The third kappa shape index (κ3) is 16.4. The van der Waals surface area contributed by atoms with E-state index in [0.717, 1.165) is 35.4 Å². The molecule has 33 heteroatoms. The van der Waals surface area contributed by atoms with Gasteiger partial charge in [-0.15, -0.1) is 0 Å². The summed E-state index contributed by atoms with van der Waals surface area (Å²) in [4.78, 5) is 181. The molecule has 11 N–H and O–H groups in total. The smallest absolute Gasteiger partial charge is 0.338 e. The highest BCUT2D eigenvalue weighted by atomic mass is 33.1. The van der Waals surface area contributed by atoms with Crippen LogP contribution in [0.25, 0.3) is 11.2 Å². The van der Waals surface area contributed by atoms with Gasteiger partial charge in [-0.1, -0.05) is 109 Å². The number of aliphatic hydroxyl groups is 2. The second-order valence-corrected chi connectivity index (χ2v) is 29.0. The molecule has 31 nitrogen and oxygen atoms in total. The van der Waals surface area contributed by atoms with Crippen LogP contribution in [0.15, 0.2) is 137 Å². The van der Waals surface area contributed by atoms with Crippen LogP contribution in [-0.2, 0) is 73.3 Å². The van der Waals surface area contributed by atoms with Crippen molar-refractivity contribution in [1.29, 1.82) is 0 Å². The molecule has 13 atom stereocenters. The lowest BCUT2D eigenvalue weighted by Gasteiger charge is -2.67. The van der Waals surface area contributed by atoms with Crippen molar-refractivity contribution in [3.05, 3.63) is 171 Å². The van der Waals surface area contributed by atoms with E-state index in [-0.39, 0.29) is 75.0 Å². The number of H-pyrrole nitrogens is 1. The molecule has 10 rings (SSSR count). The summed E-state index contributed by atoms with van der Waals surface area (Å²) in [6.45, 7) is 7.52. The maximum Gasteiger partial charge on any atom is 0.338 e. The van der Waals surface area contributed by atoms with Crippen LogP contribution in [0.4, 0.5) is 11.6 Å². The van der Waals surface area contributed by atoms with Crippen molar-refractivity contribution in [2.45, 2.75) is 146 Å². The molecule has 4 aliphatic rings. The number of nitrogens with one attached hydrogen (secondary N) is 5. The number of nitrogen functional groups attached to an aromatic ring is 1. The van der Waals surface area contributed by atoms with Gasteiger partial charge in [0.25, 0.3) is 17.4 Å². The second-order valence-electron chi connectivity index (χ2n) is 26.4. The summed E-state index contributed by atoms with van der Waals surface area (Å²) in [5.41, 5.74) is -3.16. The van der Waals surface area contributed by atoms with Crippen molar-refractivity contribution in [1.82, 2.24) is 35.9 Å². The number of carbonyl (C=O) groups is 11. The Labute approximate surface area is 607 Å². The molecule has 4 aromatic carbocycles. The number of benzene rings is 4. The Morgan fingerprint density at radius 3 is 2.00 bits per heavy atom. The number of rotatable bonds is 28. The number of hydrogen-bond acceptors (Lipinski definition) is 27. The van der Waals surface area contributed by atoms with Crippen LogP contribution < -0.4 is 32.6 Å². The van der Waals surface area contributed by atoms with E-state index in [9.17, 15) is 73.2 Å². The number of carboxylic acids is 2. The molecule has 2 saturated carbocycles. The van der Waals surface area contributed by atoms with Gasteiger partial charge in [0.1, 0.15) is 36.0 Å². The van der Waals surface area contributed by atoms with Gasteiger partial charge in [0, 0.05) is 66.3 Å². The van der Waals surface area contributed by atoms with Gasteiger partial charge in [0.05, 0.1) is 49.0 Å². The van der Waals surface area contributed by atoms with Crippen LogP contribution in [0.2, 0.25) is 0 Å².